The molecule has 2 unspecified atom stereocenters. The molecule has 0 heterocycles. The molecule has 414 valence electrons. The van der Waals surface area contributed by atoms with Gasteiger partial charge in [-0.05, 0) is 57.8 Å². The van der Waals surface area contributed by atoms with Gasteiger partial charge in [0.25, 0.3) is 0 Å². The van der Waals surface area contributed by atoms with E-state index in [9.17, 15) is 19.8 Å². The summed E-state index contributed by atoms with van der Waals surface area (Å²) in [6.07, 6.45) is 73.7. The Morgan fingerprint density at radius 1 is 0.386 bits per heavy atom. The zero-order valence-electron chi connectivity index (χ0n) is 47.3. The summed E-state index contributed by atoms with van der Waals surface area (Å²) >= 11 is 0. The number of amides is 1. The summed E-state index contributed by atoms with van der Waals surface area (Å²) in [4.78, 5) is 24.5. The van der Waals surface area contributed by atoms with Crippen LogP contribution in [-0.4, -0.2) is 47.4 Å². The van der Waals surface area contributed by atoms with E-state index in [2.05, 4.69) is 31.3 Å². The van der Waals surface area contributed by atoms with Crippen LogP contribution >= 0.6 is 0 Å². The van der Waals surface area contributed by atoms with Crippen molar-refractivity contribution in [2.75, 3.05) is 13.2 Å². The van der Waals surface area contributed by atoms with Crippen LogP contribution in [0.5, 0.6) is 0 Å². The average Bonchev–Trinajstić information content (AvgIpc) is 3.36. The molecule has 0 saturated carbocycles. The van der Waals surface area contributed by atoms with Crippen molar-refractivity contribution in [1.82, 2.24) is 5.32 Å². The predicted octanol–water partition coefficient (Wildman–Crippen LogP) is 19.8. The Kier molecular flexibility index (Phi) is 58.5. The number of rotatable bonds is 59. The molecular formula is C64H123NO5. The molecule has 0 rings (SSSR count). The summed E-state index contributed by atoms with van der Waals surface area (Å²) in [6.45, 7) is 4.91. The van der Waals surface area contributed by atoms with Crippen LogP contribution in [0, 0.1) is 0 Å². The molecule has 6 nitrogen and oxygen atoms in total. The molecular weight excluding hydrogens is 863 g/mol. The Morgan fingerprint density at radius 3 is 1.01 bits per heavy atom. The molecule has 0 saturated heterocycles. The molecule has 1 amide bonds. The van der Waals surface area contributed by atoms with Gasteiger partial charge in [-0.2, -0.15) is 0 Å². The van der Waals surface area contributed by atoms with Crippen LogP contribution in [-0.2, 0) is 14.3 Å². The fourth-order valence-electron chi connectivity index (χ4n) is 9.87. The number of allylic oxidation sites excluding steroid dienone is 3. The lowest BCUT2D eigenvalue weighted by molar-refractivity contribution is -0.143. The molecule has 0 spiro atoms. The molecule has 0 radical (unpaired) electrons. The van der Waals surface area contributed by atoms with Gasteiger partial charge in [0, 0.05) is 12.8 Å². The maximum Gasteiger partial charge on any atom is 0.305 e. The van der Waals surface area contributed by atoms with Crippen molar-refractivity contribution in [3.8, 4) is 0 Å². The second kappa shape index (κ2) is 59.9. The molecule has 0 aliphatic carbocycles. The first-order chi connectivity index (χ1) is 34.5. The SMILES string of the molecule is CCCCCCCCCCCC/C=C/C(O)C(CO)NC(=O)CCCCCCCCC/C=C\CCCCCCCCCCCCCOC(=O)CCCCCCCCCCCCCCCCCCCCC. The normalized spacial score (nSPS) is 12.7. The summed E-state index contributed by atoms with van der Waals surface area (Å²) in [5, 5.41) is 23.0. The van der Waals surface area contributed by atoms with E-state index in [1.807, 2.05) is 6.08 Å². The Balaban J connectivity index is 3.39. The Labute approximate surface area is 437 Å². The van der Waals surface area contributed by atoms with Crippen LogP contribution in [0.1, 0.15) is 348 Å². The first-order valence-corrected chi connectivity index (χ1v) is 31.6. The highest BCUT2D eigenvalue weighted by atomic mass is 16.5. The van der Waals surface area contributed by atoms with Crippen molar-refractivity contribution in [2.24, 2.45) is 0 Å². The van der Waals surface area contributed by atoms with Crippen LogP contribution in [0.15, 0.2) is 24.3 Å². The van der Waals surface area contributed by atoms with Crippen LogP contribution < -0.4 is 5.32 Å². The first-order valence-electron chi connectivity index (χ1n) is 31.6. The minimum absolute atomic E-state index is 0.0144. The van der Waals surface area contributed by atoms with E-state index in [0.29, 0.717) is 19.4 Å². The number of hydrogen-bond donors (Lipinski definition) is 3. The van der Waals surface area contributed by atoms with E-state index in [1.165, 1.54) is 276 Å². The summed E-state index contributed by atoms with van der Waals surface area (Å²) in [5.41, 5.74) is 0. The highest BCUT2D eigenvalue weighted by Crippen LogP contribution is 2.17. The number of aliphatic hydroxyl groups is 2. The third-order valence-electron chi connectivity index (χ3n) is 14.7. The molecule has 3 N–H and O–H groups in total. The standard InChI is InChI=1S/C64H123NO5/c1-3-5-7-9-11-13-15-17-18-19-24-28-31-34-38-42-46-50-54-58-64(69)70-59-55-51-47-43-39-35-32-29-26-23-21-20-22-25-27-30-33-37-41-45-49-53-57-63(68)65-61(60-66)62(67)56-52-48-44-40-36-16-14-12-10-8-6-4-2/h22,25,52,56,61-62,66-67H,3-21,23-24,26-51,53-55,57-60H2,1-2H3,(H,65,68)/b25-22-,56-52+. The van der Waals surface area contributed by atoms with Gasteiger partial charge in [-0.25, -0.2) is 0 Å². The number of unbranched alkanes of at least 4 members (excludes halogenated alkanes) is 46. The zero-order chi connectivity index (χ0) is 50.7. The molecule has 0 aromatic heterocycles. The van der Waals surface area contributed by atoms with Crippen molar-refractivity contribution >= 4 is 11.9 Å². The molecule has 0 aliphatic rings. The van der Waals surface area contributed by atoms with E-state index >= 15 is 0 Å². The lowest BCUT2D eigenvalue weighted by atomic mass is 10.0. The third kappa shape index (κ3) is 55.7. The second-order valence-electron chi connectivity index (χ2n) is 21.7. The first kappa shape index (κ1) is 68.3. The summed E-state index contributed by atoms with van der Waals surface area (Å²) < 4.78 is 5.50. The largest absolute Gasteiger partial charge is 0.466 e. The van der Waals surface area contributed by atoms with Crippen molar-refractivity contribution in [3.05, 3.63) is 24.3 Å². The fraction of sp³-hybridized carbons (Fsp3) is 0.906. The smallest absolute Gasteiger partial charge is 0.305 e. The van der Waals surface area contributed by atoms with Crippen molar-refractivity contribution in [1.29, 1.82) is 0 Å². The lowest BCUT2D eigenvalue weighted by Gasteiger charge is -2.20. The van der Waals surface area contributed by atoms with Gasteiger partial charge in [-0.1, -0.05) is 301 Å². The van der Waals surface area contributed by atoms with Gasteiger partial charge < -0.3 is 20.3 Å². The monoisotopic (exact) mass is 986 g/mol. The van der Waals surface area contributed by atoms with E-state index in [-0.39, 0.29) is 18.5 Å². The van der Waals surface area contributed by atoms with Gasteiger partial charge in [0.2, 0.25) is 5.91 Å². The number of aliphatic hydroxyl groups excluding tert-OH is 2. The molecule has 0 aromatic carbocycles. The fourth-order valence-corrected chi connectivity index (χ4v) is 9.87. The third-order valence-corrected chi connectivity index (χ3v) is 14.7. The highest BCUT2D eigenvalue weighted by Gasteiger charge is 2.18. The van der Waals surface area contributed by atoms with Crippen molar-refractivity contribution < 1.29 is 24.5 Å². The molecule has 0 fully saturated rings. The molecule has 6 heteroatoms. The summed E-state index contributed by atoms with van der Waals surface area (Å²) in [6, 6.07) is -0.631. The Bertz CT molecular complexity index is 1090. The van der Waals surface area contributed by atoms with Crippen LogP contribution in [0.3, 0.4) is 0 Å². The van der Waals surface area contributed by atoms with Crippen LogP contribution in [0.4, 0.5) is 0 Å². The Hall–Kier alpha value is -1.66. The topological polar surface area (TPSA) is 95.9 Å². The minimum atomic E-state index is -0.847. The maximum atomic E-state index is 12.4. The van der Waals surface area contributed by atoms with E-state index in [0.717, 1.165) is 44.9 Å². The number of hydrogen-bond acceptors (Lipinski definition) is 5. The number of esters is 1. The summed E-state index contributed by atoms with van der Waals surface area (Å²) in [5.74, 6) is -0.0603. The lowest BCUT2D eigenvalue weighted by Crippen LogP contribution is -2.45. The van der Waals surface area contributed by atoms with E-state index in [1.54, 1.807) is 6.08 Å². The molecule has 0 aliphatic heterocycles. The molecule has 70 heavy (non-hydrogen) atoms. The van der Waals surface area contributed by atoms with Crippen LogP contribution in [0.2, 0.25) is 0 Å². The minimum Gasteiger partial charge on any atom is -0.466 e. The van der Waals surface area contributed by atoms with E-state index in [4.69, 9.17) is 4.74 Å². The van der Waals surface area contributed by atoms with Gasteiger partial charge in [0.15, 0.2) is 0 Å². The van der Waals surface area contributed by atoms with Crippen LogP contribution in [0.25, 0.3) is 0 Å². The second-order valence-corrected chi connectivity index (χ2v) is 21.7. The van der Waals surface area contributed by atoms with E-state index < -0.39 is 12.1 Å². The maximum absolute atomic E-state index is 12.4. The highest BCUT2D eigenvalue weighted by molar-refractivity contribution is 5.76. The van der Waals surface area contributed by atoms with Gasteiger partial charge in [0.1, 0.15) is 0 Å². The predicted molar refractivity (Wildman–Crippen MR) is 306 cm³/mol. The Morgan fingerprint density at radius 2 is 0.671 bits per heavy atom. The number of nitrogens with one attached hydrogen (secondary N) is 1. The van der Waals surface area contributed by atoms with Gasteiger partial charge in [-0.3, -0.25) is 9.59 Å². The molecule has 0 aromatic rings. The quantitative estimate of drug-likeness (QED) is 0.0321. The molecule has 0 bridgehead atoms. The number of ether oxygens (including phenoxy) is 1. The number of carbonyl (C=O) groups excluding carboxylic acids is 2. The van der Waals surface area contributed by atoms with Crippen molar-refractivity contribution in [3.63, 3.8) is 0 Å². The average molecular weight is 987 g/mol. The van der Waals surface area contributed by atoms with Gasteiger partial charge >= 0.3 is 5.97 Å². The molecule has 2 atom stereocenters. The number of carbonyl (C=O) groups is 2. The van der Waals surface area contributed by atoms with Gasteiger partial charge in [0.05, 0.1) is 25.4 Å². The van der Waals surface area contributed by atoms with Gasteiger partial charge in [-0.15, -0.1) is 0 Å². The zero-order valence-corrected chi connectivity index (χ0v) is 47.3. The van der Waals surface area contributed by atoms with Crippen molar-refractivity contribution in [2.45, 2.75) is 360 Å². The summed E-state index contributed by atoms with van der Waals surface area (Å²) in [7, 11) is 0.